The van der Waals surface area contributed by atoms with Crippen LogP contribution in [0, 0.1) is 0 Å². The number of carbonyl (C=O) groups excluding carboxylic acids is 1. The fraction of sp³-hybridized carbons (Fsp3) is 0.300. The molecule has 0 aromatic heterocycles. The van der Waals surface area contributed by atoms with Gasteiger partial charge < -0.3 is 14.2 Å². The van der Waals surface area contributed by atoms with Crippen molar-refractivity contribution in [1.29, 1.82) is 0 Å². The molecule has 0 saturated carbocycles. The molecule has 1 aliphatic rings. The largest absolute Gasteiger partial charge is 0.497 e. The summed E-state index contributed by atoms with van der Waals surface area (Å²) in [6.45, 7) is 1.51. The molecule has 0 spiro atoms. The normalized spacial score (nSPS) is 16.2. The molecule has 0 saturated heterocycles. The van der Waals surface area contributed by atoms with Gasteiger partial charge in [-0.3, -0.25) is 4.79 Å². The number of hydrogen-bond acceptors (Lipinski definition) is 5. The maximum absolute atomic E-state index is 12.2. The molecule has 0 fully saturated rings. The van der Waals surface area contributed by atoms with Crippen LogP contribution in [0.5, 0.6) is 17.2 Å². The molecule has 1 heterocycles. The summed E-state index contributed by atoms with van der Waals surface area (Å²) in [6, 6.07) is 13.0. The van der Waals surface area contributed by atoms with Crippen molar-refractivity contribution in [3.8, 4) is 17.2 Å². The molecule has 6 nitrogen and oxygen atoms in total. The fourth-order valence-electron chi connectivity index (χ4n) is 3.11. The van der Waals surface area contributed by atoms with Crippen molar-refractivity contribution in [1.82, 2.24) is 5.01 Å². The maximum atomic E-state index is 12.2. The van der Waals surface area contributed by atoms with Gasteiger partial charge in [0.1, 0.15) is 17.2 Å². The van der Waals surface area contributed by atoms with E-state index in [2.05, 4.69) is 5.10 Å². The predicted octanol–water partition coefficient (Wildman–Crippen LogP) is 3.41. The molecule has 2 aromatic rings. The first kappa shape index (κ1) is 17.8. The molecule has 0 bridgehead atoms. The lowest BCUT2D eigenvalue weighted by Gasteiger charge is -2.22. The number of amides is 1. The molecule has 26 heavy (non-hydrogen) atoms. The van der Waals surface area contributed by atoms with E-state index < -0.39 is 0 Å². The highest BCUT2D eigenvalue weighted by molar-refractivity contribution is 6.03. The zero-order valence-corrected chi connectivity index (χ0v) is 15.4. The van der Waals surface area contributed by atoms with E-state index in [0.29, 0.717) is 17.9 Å². The maximum Gasteiger partial charge on any atom is 0.240 e. The molecule has 1 aliphatic heterocycles. The van der Waals surface area contributed by atoms with Crippen LogP contribution >= 0.6 is 0 Å². The lowest BCUT2D eigenvalue weighted by atomic mass is 9.97. The molecular weight excluding hydrogens is 332 g/mol. The predicted molar refractivity (Wildman–Crippen MR) is 99.0 cm³/mol. The highest BCUT2D eigenvalue weighted by Crippen LogP contribution is 2.39. The second kappa shape index (κ2) is 7.47. The van der Waals surface area contributed by atoms with Gasteiger partial charge in [0.05, 0.1) is 33.1 Å². The van der Waals surface area contributed by atoms with Crippen molar-refractivity contribution >= 4 is 11.6 Å². The molecule has 2 aromatic carbocycles. The quantitative estimate of drug-likeness (QED) is 0.826. The van der Waals surface area contributed by atoms with E-state index in [1.54, 1.807) is 21.3 Å². The monoisotopic (exact) mass is 354 g/mol. The van der Waals surface area contributed by atoms with Gasteiger partial charge in [-0.1, -0.05) is 12.1 Å². The van der Waals surface area contributed by atoms with Gasteiger partial charge in [-0.05, 0) is 24.3 Å². The zero-order valence-electron chi connectivity index (χ0n) is 15.4. The number of carbonyl (C=O) groups is 1. The van der Waals surface area contributed by atoms with Crippen LogP contribution in [0.1, 0.15) is 30.5 Å². The van der Waals surface area contributed by atoms with Crippen LogP contribution in [0.15, 0.2) is 47.6 Å². The van der Waals surface area contributed by atoms with Crippen molar-refractivity contribution in [2.24, 2.45) is 5.10 Å². The van der Waals surface area contributed by atoms with Crippen molar-refractivity contribution < 1.29 is 19.0 Å². The van der Waals surface area contributed by atoms with Crippen molar-refractivity contribution in [2.45, 2.75) is 19.4 Å². The Morgan fingerprint density at radius 2 is 1.77 bits per heavy atom. The van der Waals surface area contributed by atoms with Gasteiger partial charge >= 0.3 is 0 Å². The SMILES string of the molecule is COc1cccc(C2=NN(C(C)=O)C(c3ccc(OC)cc3OC)C2)c1. The lowest BCUT2D eigenvalue weighted by molar-refractivity contribution is -0.130. The van der Waals surface area contributed by atoms with E-state index in [1.807, 2.05) is 42.5 Å². The zero-order chi connectivity index (χ0) is 18.7. The standard InChI is InChI=1S/C20H22N2O4/c1-13(23)22-19(17-9-8-16(25-3)11-20(17)26-4)12-18(21-22)14-6-5-7-15(10-14)24-2/h5-11,19H,12H2,1-4H3. The summed E-state index contributed by atoms with van der Waals surface area (Å²) in [7, 11) is 4.84. The Morgan fingerprint density at radius 3 is 2.42 bits per heavy atom. The summed E-state index contributed by atoms with van der Waals surface area (Å²) in [6.07, 6.45) is 0.593. The Morgan fingerprint density at radius 1 is 1.04 bits per heavy atom. The molecule has 1 amide bonds. The minimum Gasteiger partial charge on any atom is -0.497 e. The lowest BCUT2D eigenvalue weighted by Crippen LogP contribution is -2.24. The van der Waals surface area contributed by atoms with E-state index in [4.69, 9.17) is 14.2 Å². The number of methoxy groups -OCH3 is 3. The van der Waals surface area contributed by atoms with E-state index in [1.165, 1.54) is 11.9 Å². The van der Waals surface area contributed by atoms with E-state index >= 15 is 0 Å². The molecule has 0 N–H and O–H groups in total. The van der Waals surface area contributed by atoms with Crippen LogP contribution in [0.25, 0.3) is 0 Å². The second-order valence-electron chi connectivity index (χ2n) is 5.97. The highest BCUT2D eigenvalue weighted by Gasteiger charge is 2.33. The van der Waals surface area contributed by atoms with Crippen molar-refractivity contribution in [2.75, 3.05) is 21.3 Å². The second-order valence-corrected chi connectivity index (χ2v) is 5.97. The minimum absolute atomic E-state index is 0.120. The Bertz CT molecular complexity index is 847. The summed E-state index contributed by atoms with van der Waals surface area (Å²) in [5.74, 6) is 2.01. The summed E-state index contributed by atoms with van der Waals surface area (Å²) in [4.78, 5) is 12.2. The van der Waals surface area contributed by atoms with Crippen LogP contribution in [0.2, 0.25) is 0 Å². The van der Waals surface area contributed by atoms with Crippen LogP contribution in [-0.2, 0) is 4.79 Å². The van der Waals surface area contributed by atoms with Crippen molar-refractivity contribution in [3.63, 3.8) is 0 Å². The van der Waals surface area contributed by atoms with Gasteiger partial charge in [0.25, 0.3) is 0 Å². The van der Waals surface area contributed by atoms with Gasteiger partial charge in [0.15, 0.2) is 0 Å². The molecule has 1 unspecified atom stereocenters. The highest BCUT2D eigenvalue weighted by atomic mass is 16.5. The third-order valence-corrected chi connectivity index (χ3v) is 4.44. The first-order valence-electron chi connectivity index (χ1n) is 8.31. The average molecular weight is 354 g/mol. The number of benzene rings is 2. The van der Waals surface area contributed by atoms with Crippen LogP contribution in [-0.4, -0.2) is 38.0 Å². The fourth-order valence-corrected chi connectivity index (χ4v) is 3.11. The van der Waals surface area contributed by atoms with Gasteiger partial charge in [-0.25, -0.2) is 5.01 Å². The van der Waals surface area contributed by atoms with E-state index in [-0.39, 0.29) is 11.9 Å². The van der Waals surface area contributed by atoms with Crippen LogP contribution in [0.4, 0.5) is 0 Å². The van der Waals surface area contributed by atoms with Gasteiger partial charge in [-0.15, -0.1) is 0 Å². The van der Waals surface area contributed by atoms with Gasteiger partial charge in [-0.2, -0.15) is 5.10 Å². The number of hydrogen-bond donors (Lipinski definition) is 0. The Hall–Kier alpha value is -3.02. The van der Waals surface area contributed by atoms with E-state index in [0.717, 1.165) is 22.6 Å². The van der Waals surface area contributed by atoms with E-state index in [9.17, 15) is 4.79 Å². The smallest absolute Gasteiger partial charge is 0.240 e. The Labute approximate surface area is 153 Å². The number of nitrogens with zero attached hydrogens (tertiary/aromatic N) is 2. The third-order valence-electron chi connectivity index (χ3n) is 4.44. The van der Waals surface area contributed by atoms with Crippen molar-refractivity contribution in [3.05, 3.63) is 53.6 Å². The topological polar surface area (TPSA) is 60.4 Å². The van der Waals surface area contributed by atoms with Crippen LogP contribution in [0.3, 0.4) is 0 Å². The first-order chi connectivity index (χ1) is 12.6. The molecule has 0 aliphatic carbocycles. The third kappa shape index (κ3) is 3.35. The number of rotatable bonds is 5. The van der Waals surface area contributed by atoms with Gasteiger partial charge in [0.2, 0.25) is 5.91 Å². The minimum atomic E-state index is -0.227. The molecular formula is C20H22N2O4. The summed E-state index contributed by atoms with van der Waals surface area (Å²) < 4.78 is 16.1. The molecule has 3 rings (SSSR count). The Kier molecular flexibility index (Phi) is 5.11. The molecule has 0 radical (unpaired) electrons. The first-order valence-corrected chi connectivity index (χ1v) is 8.31. The van der Waals surface area contributed by atoms with Gasteiger partial charge in [0, 0.05) is 30.5 Å². The number of ether oxygens (including phenoxy) is 3. The van der Waals surface area contributed by atoms with Crippen LogP contribution < -0.4 is 14.2 Å². The summed E-state index contributed by atoms with van der Waals surface area (Å²) in [5.41, 5.74) is 2.66. The molecule has 136 valence electrons. The molecule has 6 heteroatoms. The average Bonchev–Trinajstić information content (AvgIpc) is 3.13. The summed E-state index contributed by atoms with van der Waals surface area (Å²) in [5, 5.41) is 6.08. The molecule has 1 atom stereocenters. The number of hydrazone groups is 1. The Balaban J connectivity index is 1.98. The summed E-state index contributed by atoms with van der Waals surface area (Å²) >= 11 is 0.